The fourth-order valence-corrected chi connectivity index (χ4v) is 4.35. The minimum Gasteiger partial charge on any atom is -0.422 e. The zero-order valence-electron chi connectivity index (χ0n) is 15.0. The summed E-state index contributed by atoms with van der Waals surface area (Å²) >= 11 is 1.39. The molecule has 0 radical (unpaired) electrons. The summed E-state index contributed by atoms with van der Waals surface area (Å²) in [6, 6.07) is 15.4. The lowest BCUT2D eigenvalue weighted by atomic mass is 10.0. The molecule has 6 heteroatoms. The Hall–Kier alpha value is -3.17. The van der Waals surface area contributed by atoms with E-state index in [1.807, 2.05) is 36.4 Å². The first-order valence-electron chi connectivity index (χ1n) is 8.78. The number of hydrogen-bond acceptors (Lipinski definition) is 6. The normalized spacial score (nSPS) is 11.0. The number of hydrogen-bond donors (Lipinski definition) is 0. The number of aromatic nitrogens is 1. The number of anilines is 1. The molecular formula is C21H17N3O2S. The fourth-order valence-electron chi connectivity index (χ4n) is 3.35. The maximum Gasteiger partial charge on any atom is 0.348 e. The van der Waals surface area contributed by atoms with Gasteiger partial charge >= 0.3 is 5.63 Å². The maximum absolute atomic E-state index is 12.7. The summed E-state index contributed by atoms with van der Waals surface area (Å²) in [5, 5.41) is 11.1. The van der Waals surface area contributed by atoms with Gasteiger partial charge in [-0.15, -0.1) is 11.3 Å². The molecule has 0 aliphatic rings. The molecule has 2 aromatic heterocycles. The highest BCUT2D eigenvalue weighted by Gasteiger charge is 2.22. The van der Waals surface area contributed by atoms with Crippen molar-refractivity contribution in [2.24, 2.45) is 0 Å². The Balaban J connectivity index is 2.09. The molecule has 27 heavy (non-hydrogen) atoms. The average Bonchev–Trinajstić information content (AvgIpc) is 3.11. The largest absolute Gasteiger partial charge is 0.422 e. The quantitative estimate of drug-likeness (QED) is 0.480. The smallest absolute Gasteiger partial charge is 0.348 e. The molecule has 2 heterocycles. The Morgan fingerprint density at radius 1 is 1.15 bits per heavy atom. The van der Waals surface area contributed by atoms with Gasteiger partial charge in [-0.3, -0.25) is 0 Å². The molecule has 0 unspecified atom stereocenters. The van der Waals surface area contributed by atoms with E-state index in [0.29, 0.717) is 21.5 Å². The van der Waals surface area contributed by atoms with Gasteiger partial charge in [0.25, 0.3) is 0 Å². The van der Waals surface area contributed by atoms with E-state index in [1.54, 1.807) is 6.07 Å². The number of benzene rings is 2. The average molecular weight is 375 g/mol. The van der Waals surface area contributed by atoms with Gasteiger partial charge in [0.05, 0.1) is 21.2 Å². The third-order valence-corrected chi connectivity index (χ3v) is 5.69. The molecule has 134 valence electrons. The number of para-hydroxylation sites is 1. The molecule has 0 aliphatic carbocycles. The van der Waals surface area contributed by atoms with Crippen molar-refractivity contribution in [3.8, 4) is 16.6 Å². The first-order chi connectivity index (χ1) is 13.2. The Bertz CT molecular complexity index is 1210. The molecule has 2 aromatic carbocycles. The van der Waals surface area contributed by atoms with Gasteiger partial charge in [-0.2, -0.15) is 5.26 Å². The monoisotopic (exact) mass is 375 g/mol. The van der Waals surface area contributed by atoms with Crippen LogP contribution in [0.15, 0.2) is 51.7 Å². The second-order valence-corrected chi connectivity index (χ2v) is 7.09. The molecule has 4 aromatic rings. The molecular weight excluding hydrogens is 358 g/mol. The lowest BCUT2D eigenvalue weighted by Gasteiger charge is -2.23. The summed E-state index contributed by atoms with van der Waals surface area (Å²) in [6.07, 6.45) is 0. The lowest BCUT2D eigenvalue weighted by molar-refractivity contribution is 0.563. The SMILES string of the molecule is CCN(CC)c1cccc2oc(=O)c(-c3nc4ccccc4s3)c(C#N)c12. The first kappa shape index (κ1) is 17.3. The van der Waals surface area contributed by atoms with Gasteiger partial charge in [0.2, 0.25) is 0 Å². The van der Waals surface area contributed by atoms with Crippen molar-refractivity contribution in [3.63, 3.8) is 0 Å². The van der Waals surface area contributed by atoms with E-state index in [-0.39, 0.29) is 5.56 Å². The summed E-state index contributed by atoms with van der Waals surface area (Å²) < 4.78 is 6.56. The van der Waals surface area contributed by atoms with Crippen molar-refractivity contribution < 1.29 is 4.42 Å². The Kier molecular flexibility index (Phi) is 4.38. The summed E-state index contributed by atoms with van der Waals surface area (Å²) in [5.41, 5.74) is 2.15. The summed E-state index contributed by atoms with van der Waals surface area (Å²) in [7, 11) is 0. The van der Waals surface area contributed by atoms with Crippen LogP contribution < -0.4 is 10.5 Å². The van der Waals surface area contributed by atoms with Crippen LogP contribution in [-0.2, 0) is 0 Å². The molecule has 4 rings (SSSR count). The van der Waals surface area contributed by atoms with E-state index in [0.717, 1.165) is 29.0 Å². The number of rotatable bonds is 4. The van der Waals surface area contributed by atoms with E-state index >= 15 is 0 Å². The van der Waals surface area contributed by atoms with Crippen molar-refractivity contribution in [2.75, 3.05) is 18.0 Å². The molecule has 0 N–H and O–H groups in total. The third-order valence-electron chi connectivity index (χ3n) is 4.63. The van der Waals surface area contributed by atoms with Crippen molar-refractivity contribution in [1.29, 1.82) is 5.26 Å². The Morgan fingerprint density at radius 2 is 1.93 bits per heavy atom. The Labute approximate surface area is 160 Å². The fraction of sp³-hybridized carbons (Fsp3) is 0.190. The van der Waals surface area contributed by atoms with E-state index in [2.05, 4.69) is 29.8 Å². The van der Waals surface area contributed by atoms with Crippen LogP contribution in [0.3, 0.4) is 0 Å². The van der Waals surface area contributed by atoms with Crippen LogP contribution in [0.4, 0.5) is 5.69 Å². The summed E-state index contributed by atoms with van der Waals surface area (Å²) in [4.78, 5) is 19.5. The number of fused-ring (bicyclic) bond motifs is 2. The molecule has 0 amide bonds. The van der Waals surface area contributed by atoms with Crippen molar-refractivity contribution in [1.82, 2.24) is 4.98 Å². The molecule has 0 atom stereocenters. The minimum absolute atomic E-state index is 0.241. The predicted molar refractivity (Wildman–Crippen MR) is 109 cm³/mol. The number of nitrogens with zero attached hydrogens (tertiary/aromatic N) is 3. The van der Waals surface area contributed by atoms with Gasteiger partial charge in [0.1, 0.15) is 22.2 Å². The van der Waals surface area contributed by atoms with Gasteiger partial charge in [-0.05, 0) is 38.1 Å². The van der Waals surface area contributed by atoms with Crippen LogP contribution in [0.25, 0.3) is 31.8 Å². The molecule has 0 saturated heterocycles. The van der Waals surface area contributed by atoms with Crippen molar-refractivity contribution in [2.45, 2.75) is 13.8 Å². The highest BCUT2D eigenvalue weighted by Crippen LogP contribution is 2.36. The highest BCUT2D eigenvalue weighted by molar-refractivity contribution is 7.21. The number of nitriles is 1. The molecule has 0 aliphatic heterocycles. The maximum atomic E-state index is 12.7. The Morgan fingerprint density at radius 3 is 2.63 bits per heavy atom. The second kappa shape index (κ2) is 6.86. The predicted octanol–water partition coefficient (Wildman–Crippen LogP) is 4.79. The van der Waals surface area contributed by atoms with Gasteiger partial charge in [-0.1, -0.05) is 18.2 Å². The van der Waals surface area contributed by atoms with Gasteiger partial charge in [0, 0.05) is 18.8 Å². The zero-order chi connectivity index (χ0) is 19.0. The minimum atomic E-state index is -0.533. The third kappa shape index (κ3) is 2.77. The van der Waals surface area contributed by atoms with E-state index < -0.39 is 5.63 Å². The second-order valence-electron chi connectivity index (χ2n) is 6.06. The molecule has 0 fully saturated rings. The summed E-state index contributed by atoms with van der Waals surface area (Å²) in [6.45, 7) is 5.69. The lowest BCUT2D eigenvalue weighted by Crippen LogP contribution is -2.22. The van der Waals surface area contributed by atoms with Gasteiger partial charge in [-0.25, -0.2) is 9.78 Å². The standard InChI is InChI=1S/C21H17N3O2S/c1-3-24(4-2)15-9-7-10-16-18(15)13(12-22)19(21(25)26-16)20-23-14-8-5-6-11-17(14)27-20/h5-11H,3-4H2,1-2H3. The van der Waals surface area contributed by atoms with Gasteiger partial charge in [0.15, 0.2) is 0 Å². The first-order valence-corrected chi connectivity index (χ1v) is 9.60. The molecule has 0 bridgehead atoms. The van der Waals surface area contributed by atoms with E-state index in [1.165, 1.54) is 11.3 Å². The van der Waals surface area contributed by atoms with Crippen LogP contribution in [0.2, 0.25) is 0 Å². The molecule has 5 nitrogen and oxygen atoms in total. The van der Waals surface area contributed by atoms with E-state index in [4.69, 9.17) is 4.42 Å². The van der Waals surface area contributed by atoms with Gasteiger partial charge < -0.3 is 9.32 Å². The molecule has 0 saturated carbocycles. The van der Waals surface area contributed by atoms with Crippen molar-refractivity contribution >= 4 is 38.2 Å². The molecule has 0 spiro atoms. The van der Waals surface area contributed by atoms with E-state index in [9.17, 15) is 10.1 Å². The van der Waals surface area contributed by atoms with Crippen LogP contribution in [-0.4, -0.2) is 18.1 Å². The summed E-state index contributed by atoms with van der Waals surface area (Å²) in [5.74, 6) is 0. The van der Waals surface area contributed by atoms with Crippen molar-refractivity contribution in [3.05, 3.63) is 58.4 Å². The topological polar surface area (TPSA) is 70.1 Å². The van der Waals surface area contributed by atoms with Crippen LogP contribution in [0.1, 0.15) is 19.4 Å². The number of thiazole rings is 1. The highest BCUT2D eigenvalue weighted by atomic mass is 32.1. The van der Waals surface area contributed by atoms with Crippen LogP contribution in [0.5, 0.6) is 0 Å². The van der Waals surface area contributed by atoms with Crippen LogP contribution >= 0.6 is 11.3 Å². The zero-order valence-corrected chi connectivity index (χ0v) is 15.8. The van der Waals surface area contributed by atoms with Crippen LogP contribution in [0, 0.1) is 11.3 Å².